The van der Waals surface area contributed by atoms with Crippen LogP contribution in [0.25, 0.3) is 0 Å². The van der Waals surface area contributed by atoms with Gasteiger partial charge in [0.15, 0.2) is 0 Å². The second-order valence-electron chi connectivity index (χ2n) is 13.3. The van der Waals surface area contributed by atoms with Gasteiger partial charge >= 0.3 is 5.97 Å². The minimum Gasteiger partial charge on any atom is -0.462 e. The van der Waals surface area contributed by atoms with Gasteiger partial charge in [-0.1, -0.05) is 200 Å². The number of ether oxygens (including phenoxy) is 1. The van der Waals surface area contributed by atoms with Gasteiger partial charge in [0, 0.05) is 6.42 Å². The van der Waals surface area contributed by atoms with Crippen LogP contribution in [0.1, 0.15) is 232 Å². The maximum atomic E-state index is 12.3. The Balaban J connectivity index is 3.44. The number of hydrogen-bond acceptors (Lipinski definition) is 3. The highest BCUT2D eigenvalue weighted by atomic mass is 16.5. The van der Waals surface area contributed by atoms with E-state index < -0.39 is 0 Å². The Bertz CT molecular complexity index is 532. The highest BCUT2D eigenvalue weighted by molar-refractivity contribution is 5.69. The van der Waals surface area contributed by atoms with Crippen molar-refractivity contribution in [3.8, 4) is 0 Å². The van der Waals surface area contributed by atoms with Gasteiger partial charge in [0.2, 0.25) is 6.29 Å². The van der Waals surface area contributed by atoms with Crippen molar-refractivity contribution in [2.75, 3.05) is 0 Å². The van der Waals surface area contributed by atoms with Crippen molar-refractivity contribution in [3.63, 3.8) is 0 Å². The van der Waals surface area contributed by atoms with Crippen LogP contribution in [0, 0.1) is 0 Å². The third kappa shape index (κ3) is 33.6. The molecule has 0 aromatic rings. The van der Waals surface area contributed by atoms with E-state index in [1.54, 1.807) is 0 Å². The first-order chi connectivity index (χ1) is 20.7. The fourth-order valence-electron chi connectivity index (χ4n) is 6.10. The van der Waals surface area contributed by atoms with Crippen LogP contribution >= 0.6 is 0 Å². The van der Waals surface area contributed by atoms with E-state index in [0.29, 0.717) is 6.42 Å². The largest absolute Gasteiger partial charge is 0.462 e. The van der Waals surface area contributed by atoms with Crippen LogP contribution in [-0.2, 0) is 14.3 Å². The molecule has 0 spiro atoms. The molecular weight excluding hydrogens is 516 g/mol. The molecule has 1 atom stereocenters. The molecule has 0 rings (SSSR count). The molecule has 1 unspecified atom stereocenters. The summed E-state index contributed by atoms with van der Waals surface area (Å²) in [4.78, 5) is 23.2. The number of carbonyl (C=O) groups excluding carboxylic acids is 2. The van der Waals surface area contributed by atoms with Crippen molar-refractivity contribution in [2.45, 2.75) is 238 Å². The Morgan fingerprint density at radius 3 is 1.05 bits per heavy atom. The number of carbonyl (C=O) groups is 1. The van der Waals surface area contributed by atoms with Gasteiger partial charge in [0.1, 0.15) is 6.10 Å². The van der Waals surface area contributed by atoms with Crippen LogP contribution in [0.3, 0.4) is 0 Å². The molecule has 0 amide bonds. The molecule has 0 N–H and O–H groups in total. The Labute approximate surface area is 264 Å². The Kier molecular flexibility index (Phi) is 35.6. The van der Waals surface area contributed by atoms with Gasteiger partial charge in [0.25, 0.3) is 0 Å². The molecular formula is C39H75O3. The lowest BCUT2D eigenvalue weighted by Gasteiger charge is -2.15. The highest BCUT2D eigenvalue weighted by Gasteiger charge is 2.14. The van der Waals surface area contributed by atoms with E-state index in [0.717, 1.165) is 25.7 Å². The molecule has 249 valence electrons. The van der Waals surface area contributed by atoms with Crippen molar-refractivity contribution in [1.29, 1.82) is 0 Å². The van der Waals surface area contributed by atoms with Crippen LogP contribution < -0.4 is 0 Å². The standard InChI is InChI=1S/C39H75O3/c1-3-5-7-9-11-13-15-16-17-18-19-20-21-22-23-25-27-29-31-33-35-39(41)42-38(36-37-40)34-32-30-28-26-24-14-12-10-8-6-4-2/h38H,3-36H2,1-2H3. The van der Waals surface area contributed by atoms with Crippen molar-refractivity contribution in [3.05, 3.63) is 0 Å². The lowest BCUT2D eigenvalue weighted by Crippen LogP contribution is -2.18. The summed E-state index contributed by atoms with van der Waals surface area (Å²) in [5, 5.41) is 0. The summed E-state index contributed by atoms with van der Waals surface area (Å²) >= 11 is 0. The second kappa shape index (κ2) is 36.3. The van der Waals surface area contributed by atoms with Crippen molar-refractivity contribution < 1.29 is 14.3 Å². The first-order valence-electron chi connectivity index (χ1n) is 19.3. The molecule has 0 aromatic carbocycles. The Morgan fingerprint density at radius 2 is 0.738 bits per heavy atom. The first-order valence-corrected chi connectivity index (χ1v) is 19.3. The summed E-state index contributed by atoms with van der Waals surface area (Å²) in [6, 6.07) is 0. The molecule has 0 bridgehead atoms. The normalized spacial score (nSPS) is 12.0. The van der Waals surface area contributed by atoms with Crippen LogP contribution in [0.15, 0.2) is 0 Å². The first kappa shape index (κ1) is 41.1. The summed E-state index contributed by atoms with van der Waals surface area (Å²) in [7, 11) is 0. The zero-order valence-electron chi connectivity index (χ0n) is 28.8. The number of unbranched alkanes of at least 4 members (excludes halogenated alkanes) is 29. The van der Waals surface area contributed by atoms with E-state index in [9.17, 15) is 9.59 Å². The van der Waals surface area contributed by atoms with E-state index in [1.165, 1.54) is 180 Å². The second-order valence-corrected chi connectivity index (χ2v) is 13.3. The fraction of sp³-hybridized carbons (Fsp3) is 0.949. The van der Waals surface area contributed by atoms with E-state index >= 15 is 0 Å². The molecule has 0 aliphatic rings. The van der Waals surface area contributed by atoms with Crippen molar-refractivity contribution in [1.82, 2.24) is 0 Å². The predicted molar refractivity (Wildman–Crippen MR) is 184 cm³/mol. The SMILES string of the molecule is CCCCCCCCCCCCCCCCCCCCCCC(=O)OC(C[C]=O)CCCCCCCCCCCCC. The van der Waals surface area contributed by atoms with Crippen LogP contribution in [0.5, 0.6) is 0 Å². The maximum absolute atomic E-state index is 12.3. The topological polar surface area (TPSA) is 43.4 Å². The smallest absolute Gasteiger partial charge is 0.306 e. The van der Waals surface area contributed by atoms with Crippen molar-refractivity contribution in [2.24, 2.45) is 0 Å². The van der Waals surface area contributed by atoms with Gasteiger partial charge in [-0.15, -0.1) is 0 Å². The Morgan fingerprint density at radius 1 is 0.452 bits per heavy atom. The molecule has 0 saturated heterocycles. The van der Waals surface area contributed by atoms with Gasteiger partial charge in [-0.25, -0.2) is 0 Å². The number of esters is 1. The van der Waals surface area contributed by atoms with E-state index in [-0.39, 0.29) is 18.5 Å². The third-order valence-corrected chi connectivity index (χ3v) is 8.97. The van der Waals surface area contributed by atoms with Crippen molar-refractivity contribution >= 4 is 12.3 Å². The summed E-state index contributed by atoms with van der Waals surface area (Å²) in [6.45, 7) is 4.56. The predicted octanol–water partition coefficient (Wildman–Crippen LogP) is 13.3. The lowest BCUT2D eigenvalue weighted by molar-refractivity contribution is -0.149. The zero-order chi connectivity index (χ0) is 30.6. The molecule has 1 radical (unpaired) electrons. The molecule has 0 aliphatic heterocycles. The molecule has 42 heavy (non-hydrogen) atoms. The summed E-state index contributed by atoms with van der Waals surface area (Å²) in [5.74, 6) is -0.124. The zero-order valence-corrected chi connectivity index (χ0v) is 28.8. The van der Waals surface area contributed by atoms with Gasteiger partial charge in [-0.05, 0) is 19.3 Å². The average Bonchev–Trinajstić information content (AvgIpc) is 2.99. The van der Waals surface area contributed by atoms with Crippen LogP contribution in [0.4, 0.5) is 0 Å². The van der Waals surface area contributed by atoms with Gasteiger partial charge in [-0.3, -0.25) is 9.59 Å². The van der Waals surface area contributed by atoms with Gasteiger partial charge in [0.05, 0.1) is 6.42 Å². The lowest BCUT2D eigenvalue weighted by atomic mass is 10.0. The highest BCUT2D eigenvalue weighted by Crippen LogP contribution is 2.17. The molecule has 0 aliphatic carbocycles. The number of hydrogen-bond donors (Lipinski definition) is 0. The third-order valence-electron chi connectivity index (χ3n) is 8.97. The van der Waals surface area contributed by atoms with E-state index in [1.807, 2.05) is 6.29 Å². The Hall–Kier alpha value is -0.860. The molecule has 3 heteroatoms. The number of rotatable bonds is 36. The molecule has 0 fully saturated rings. The molecule has 0 heterocycles. The summed E-state index contributed by atoms with van der Waals surface area (Å²) < 4.78 is 5.62. The fourth-order valence-corrected chi connectivity index (χ4v) is 6.10. The minimum atomic E-state index is -0.265. The van der Waals surface area contributed by atoms with Crippen LogP contribution in [-0.4, -0.2) is 18.4 Å². The quantitative estimate of drug-likeness (QED) is 0.0537. The van der Waals surface area contributed by atoms with Gasteiger partial charge < -0.3 is 4.74 Å². The van der Waals surface area contributed by atoms with E-state index in [2.05, 4.69) is 13.8 Å². The maximum Gasteiger partial charge on any atom is 0.306 e. The van der Waals surface area contributed by atoms with E-state index in [4.69, 9.17) is 4.74 Å². The molecule has 0 saturated carbocycles. The van der Waals surface area contributed by atoms with Gasteiger partial charge in [-0.2, -0.15) is 0 Å². The summed E-state index contributed by atoms with van der Waals surface area (Å²) in [5.41, 5.74) is 0. The summed E-state index contributed by atoms with van der Waals surface area (Å²) in [6.07, 6.45) is 44.7. The molecule has 0 aromatic heterocycles. The molecule has 3 nitrogen and oxygen atoms in total. The average molecular weight is 592 g/mol. The minimum absolute atomic E-state index is 0.124. The van der Waals surface area contributed by atoms with Crippen LogP contribution in [0.2, 0.25) is 0 Å². The monoisotopic (exact) mass is 592 g/mol.